The highest BCUT2D eigenvalue weighted by Crippen LogP contribution is 2.25. The molecule has 0 saturated carbocycles. The molecule has 1 aromatic carbocycles. The summed E-state index contributed by atoms with van der Waals surface area (Å²) in [6.45, 7) is 1.60. The highest BCUT2D eigenvalue weighted by molar-refractivity contribution is 5.97. The van der Waals surface area contributed by atoms with Gasteiger partial charge >= 0.3 is 0 Å². The number of benzene rings is 1. The van der Waals surface area contributed by atoms with E-state index in [-0.39, 0.29) is 5.91 Å². The molecule has 0 spiro atoms. The van der Waals surface area contributed by atoms with E-state index < -0.39 is 0 Å². The van der Waals surface area contributed by atoms with E-state index in [1.807, 2.05) is 24.3 Å². The number of aromatic nitrogens is 1. The number of anilines is 2. The van der Waals surface area contributed by atoms with Crippen LogP contribution < -0.4 is 16.4 Å². The van der Waals surface area contributed by atoms with Crippen LogP contribution in [0.5, 0.6) is 0 Å². The van der Waals surface area contributed by atoms with Crippen molar-refractivity contribution in [2.45, 2.75) is 6.42 Å². The van der Waals surface area contributed by atoms with Crippen LogP contribution >= 0.6 is 0 Å². The third-order valence-electron chi connectivity index (χ3n) is 3.10. The Labute approximate surface area is 123 Å². The molecule has 6 nitrogen and oxygen atoms in total. The number of nitrogens with two attached hydrogens (primary N) is 1. The van der Waals surface area contributed by atoms with Crippen molar-refractivity contribution in [2.75, 3.05) is 37.9 Å². The molecular formula is C15H20N4O2. The zero-order chi connectivity index (χ0) is 15.1. The summed E-state index contributed by atoms with van der Waals surface area (Å²) in [5.41, 5.74) is 8.25. The van der Waals surface area contributed by atoms with Crippen LogP contribution in [0.4, 0.5) is 11.4 Å². The van der Waals surface area contributed by atoms with Gasteiger partial charge in [-0.05, 0) is 12.1 Å². The third kappa shape index (κ3) is 4.06. The number of carbonyl (C=O) groups is 1. The molecule has 21 heavy (non-hydrogen) atoms. The summed E-state index contributed by atoms with van der Waals surface area (Å²) < 4.78 is 4.88. The summed E-state index contributed by atoms with van der Waals surface area (Å²) in [4.78, 5) is 15.9. The van der Waals surface area contributed by atoms with Crippen LogP contribution in [-0.2, 0) is 9.53 Å². The molecule has 1 amide bonds. The van der Waals surface area contributed by atoms with E-state index in [1.54, 1.807) is 13.3 Å². The molecule has 0 atom stereocenters. The maximum atomic E-state index is 11.6. The topological polar surface area (TPSA) is 89.3 Å². The van der Waals surface area contributed by atoms with Crippen molar-refractivity contribution in [3.05, 3.63) is 30.5 Å². The fourth-order valence-electron chi connectivity index (χ4n) is 2.04. The smallest absolute Gasteiger partial charge is 0.221 e. The molecule has 1 aromatic heterocycles. The van der Waals surface area contributed by atoms with Crippen molar-refractivity contribution in [3.63, 3.8) is 0 Å². The quantitative estimate of drug-likeness (QED) is 0.529. The maximum Gasteiger partial charge on any atom is 0.221 e. The minimum absolute atomic E-state index is 0.00238. The number of para-hydroxylation sites is 1. The summed E-state index contributed by atoms with van der Waals surface area (Å²) in [5.74, 6) is -0.00238. The van der Waals surface area contributed by atoms with E-state index in [1.165, 1.54) is 0 Å². The minimum atomic E-state index is -0.00238. The molecule has 0 radical (unpaired) electrons. The van der Waals surface area contributed by atoms with E-state index in [9.17, 15) is 4.79 Å². The first-order valence-corrected chi connectivity index (χ1v) is 6.85. The normalized spacial score (nSPS) is 10.5. The Kier molecular flexibility index (Phi) is 5.34. The van der Waals surface area contributed by atoms with E-state index in [0.717, 1.165) is 16.6 Å². The number of methoxy groups -OCH3 is 1. The molecular weight excluding hydrogens is 268 g/mol. The van der Waals surface area contributed by atoms with Crippen molar-refractivity contribution in [3.8, 4) is 0 Å². The first-order chi connectivity index (χ1) is 10.2. The van der Waals surface area contributed by atoms with Crippen molar-refractivity contribution < 1.29 is 9.53 Å². The summed E-state index contributed by atoms with van der Waals surface area (Å²) in [5, 5.41) is 6.98. The molecule has 112 valence electrons. The minimum Gasteiger partial charge on any atom is -0.397 e. The SMILES string of the molecule is COCCNC(=O)CCNc1ccnc2c(N)cccc12. The van der Waals surface area contributed by atoms with Gasteiger partial charge in [0.25, 0.3) is 0 Å². The van der Waals surface area contributed by atoms with E-state index in [2.05, 4.69) is 15.6 Å². The van der Waals surface area contributed by atoms with Crippen molar-refractivity contribution in [1.82, 2.24) is 10.3 Å². The van der Waals surface area contributed by atoms with Crippen LogP contribution in [0.1, 0.15) is 6.42 Å². The number of nitrogens with zero attached hydrogens (tertiary/aromatic N) is 1. The molecule has 0 aliphatic heterocycles. The average molecular weight is 288 g/mol. The van der Waals surface area contributed by atoms with Gasteiger partial charge in [-0.1, -0.05) is 12.1 Å². The maximum absolute atomic E-state index is 11.6. The van der Waals surface area contributed by atoms with Crippen LogP contribution in [0.25, 0.3) is 10.9 Å². The van der Waals surface area contributed by atoms with Gasteiger partial charge < -0.3 is 21.1 Å². The zero-order valence-electron chi connectivity index (χ0n) is 12.1. The van der Waals surface area contributed by atoms with Crippen LogP contribution in [0.15, 0.2) is 30.5 Å². The summed E-state index contributed by atoms with van der Waals surface area (Å²) in [6.07, 6.45) is 2.11. The standard InChI is InChI=1S/C15H20N4O2/c1-21-10-9-18-14(20)6-8-17-13-5-7-19-15-11(13)3-2-4-12(15)16/h2-5,7H,6,8-10,16H2,1H3,(H,17,19)(H,18,20). The number of hydrogen-bond acceptors (Lipinski definition) is 5. The lowest BCUT2D eigenvalue weighted by molar-refractivity contribution is -0.121. The van der Waals surface area contributed by atoms with E-state index in [4.69, 9.17) is 10.5 Å². The van der Waals surface area contributed by atoms with Gasteiger partial charge in [0.1, 0.15) is 0 Å². The number of pyridine rings is 1. The number of carbonyl (C=O) groups excluding carboxylic acids is 1. The Balaban J connectivity index is 1.92. The molecule has 0 aliphatic carbocycles. The lowest BCUT2D eigenvalue weighted by atomic mass is 10.1. The fraction of sp³-hybridized carbons (Fsp3) is 0.333. The average Bonchev–Trinajstić information content (AvgIpc) is 2.48. The molecule has 1 heterocycles. The van der Waals surface area contributed by atoms with Gasteiger partial charge in [-0.15, -0.1) is 0 Å². The third-order valence-corrected chi connectivity index (χ3v) is 3.10. The number of rotatable bonds is 7. The fourth-order valence-corrected chi connectivity index (χ4v) is 2.04. The molecule has 2 rings (SSSR count). The van der Waals surface area contributed by atoms with E-state index in [0.29, 0.717) is 31.8 Å². The molecule has 0 fully saturated rings. The number of nitrogen functional groups attached to an aromatic ring is 1. The molecule has 4 N–H and O–H groups in total. The van der Waals surface area contributed by atoms with Gasteiger partial charge in [0.05, 0.1) is 17.8 Å². The molecule has 2 aromatic rings. The number of amides is 1. The van der Waals surface area contributed by atoms with Gasteiger partial charge in [0, 0.05) is 43.9 Å². The zero-order valence-corrected chi connectivity index (χ0v) is 12.1. The summed E-state index contributed by atoms with van der Waals surface area (Å²) in [6, 6.07) is 7.55. The second-order valence-corrected chi connectivity index (χ2v) is 4.62. The lowest BCUT2D eigenvalue weighted by Crippen LogP contribution is -2.28. The van der Waals surface area contributed by atoms with Crippen molar-refractivity contribution in [2.24, 2.45) is 0 Å². The Morgan fingerprint density at radius 3 is 3.00 bits per heavy atom. The molecule has 0 aliphatic rings. The van der Waals surface area contributed by atoms with Gasteiger partial charge in [-0.2, -0.15) is 0 Å². The second-order valence-electron chi connectivity index (χ2n) is 4.62. The Morgan fingerprint density at radius 2 is 2.19 bits per heavy atom. The number of hydrogen-bond donors (Lipinski definition) is 3. The molecule has 6 heteroatoms. The number of ether oxygens (including phenoxy) is 1. The number of fused-ring (bicyclic) bond motifs is 1. The highest BCUT2D eigenvalue weighted by Gasteiger charge is 2.05. The van der Waals surface area contributed by atoms with Crippen LogP contribution in [-0.4, -0.2) is 37.7 Å². The largest absolute Gasteiger partial charge is 0.397 e. The lowest BCUT2D eigenvalue weighted by Gasteiger charge is -2.10. The highest BCUT2D eigenvalue weighted by atomic mass is 16.5. The van der Waals surface area contributed by atoms with Crippen molar-refractivity contribution >= 4 is 28.2 Å². The predicted molar refractivity (Wildman–Crippen MR) is 84.1 cm³/mol. The summed E-state index contributed by atoms with van der Waals surface area (Å²) in [7, 11) is 1.61. The molecule has 0 saturated heterocycles. The molecule has 0 unspecified atom stereocenters. The van der Waals surface area contributed by atoms with Gasteiger partial charge in [-0.3, -0.25) is 9.78 Å². The second kappa shape index (κ2) is 7.44. The first-order valence-electron chi connectivity index (χ1n) is 6.85. The van der Waals surface area contributed by atoms with Crippen LogP contribution in [0.3, 0.4) is 0 Å². The predicted octanol–water partition coefficient (Wildman–Crippen LogP) is 1.38. The van der Waals surface area contributed by atoms with Gasteiger partial charge in [-0.25, -0.2) is 0 Å². The van der Waals surface area contributed by atoms with Gasteiger partial charge in [0.2, 0.25) is 5.91 Å². The van der Waals surface area contributed by atoms with Crippen molar-refractivity contribution in [1.29, 1.82) is 0 Å². The number of nitrogens with one attached hydrogen (secondary N) is 2. The summed E-state index contributed by atoms with van der Waals surface area (Å²) >= 11 is 0. The van der Waals surface area contributed by atoms with Crippen LogP contribution in [0.2, 0.25) is 0 Å². The Morgan fingerprint density at radius 1 is 1.33 bits per heavy atom. The molecule has 0 bridgehead atoms. The Hall–Kier alpha value is -2.34. The van der Waals surface area contributed by atoms with Crippen LogP contribution in [0, 0.1) is 0 Å². The first kappa shape index (κ1) is 15.1. The monoisotopic (exact) mass is 288 g/mol. The Bertz CT molecular complexity index is 616. The van der Waals surface area contributed by atoms with Gasteiger partial charge in [0.15, 0.2) is 0 Å². The van der Waals surface area contributed by atoms with E-state index >= 15 is 0 Å².